The first kappa shape index (κ1) is 19.4. The predicted octanol–water partition coefficient (Wildman–Crippen LogP) is 1.17. The van der Waals surface area contributed by atoms with Gasteiger partial charge in [-0.2, -0.15) is 9.29 Å². The van der Waals surface area contributed by atoms with Crippen molar-refractivity contribution in [3.63, 3.8) is 0 Å². The summed E-state index contributed by atoms with van der Waals surface area (Å²) in [5.74, 6) is 0.216. The minimum Gasteiger partial charge on any atom is -0.478 e. The number of rotatable bonds is 5. The topological polar surface area (TPSA) is 140 Å². The zero-order chi connectivity index (χ0) is 20.6. The number of primary amides is 1. The summed E-state index contributed by atoms with van der Waals surface area (Å²) in [6.45, 7) is 4.23. The van der Waals surface area contributed by atoms with Crippen LogP contribution in [-0.4, -0.2) is 61.6 Å². The second-order valence-electron chi connectivity index (χ2n) is 6.53. The number of fused-ring (bicyclic) bond motifs is 3. The van der Waals surface area contributed by atoms with Gasteiger partial charge in [-0.25, -0.2) is 13.2 Å². The Morgan fingerprint density at radius 3 is 2.69 bits per heavy atom. The fourth-order valence-corrected chi connectivity index (χ4v) is 4.88. The third-order valence-corrected chi connectivity index (χ3v) is 6.60. The lowest BCUT2D eigenvalue weighted by Gasteiger charge is -2.26. The summed E-state index contributed by atoms with van der Waals surface area (Å²) in [5, 5.41) is 4.41. The van der Waals surface area contributed by atoms with Crippen molar-refractivity contribution in [2.45, 2.75) is 11.8 Å². The van der Waals surface area contributed by atoms with E-state index in [1.54, 1.807) is 31.2 Å². The number of amides is 1. The van der Waals surface area contributed by atoms with Gasteiger partial charge in [0.05, 0.1) is 11.5 Å². The highest BCUT2D eigenvalue weighted by Crippen LogP contribution is 2.35. The Morgan fingerprint density at radius 1 is 1.24 bits per heavy atom. The molecule has 29 heavy (non-hydrogen) atoms. The van der Waals surface area contributed by atoms with Crippen molar-refractivity contribution in [2.75, 3.05) is 32.8 Å². The van der Waals surface area contributed by atoms with Crippen LogP contribution in [-0.2, 0) is 10.0 Å². The number of nitrogens with two attached hydrogens (primary N) is 1. The molecule has 0 unspecified atom stereocenters. The molecular formula is C18H21N5O5S. The molecule has 0 bridgehead atoms. The van der Waals surface area contributed by atoms with Crippen LogP contribution in [0.2, 0.25) is 0 Å². The van der Waals surface area contributed by atoms with E-state index in [2.05, 4.69) is 15.3 Å². The smallest absolute Gasteiger partial charge is 0.411 e. The van der Waals surface area contributed by atoms with Gasteiger partial charge in [0.2, 0.25) is 15.9 Å². The number of hydrogen-bond acceptors (Lipinski definition) is 7. The van der Waals surface area contributed by atoms with Gasteiger partial charge in [0.15, 0.2) is 0 Å². The molecule has 1 aromatic carbocycles. The summed E-state index contributed by atoms with van der Waals surface area (Å²) < 4.78 is 38.0. The molecule has 154 valence electrons. The standard InChI is InChI=1S/C18H21N5O5S/c1-2-27-15-10-13-12-9-11(29(25,26)23-7-5-20-6-8-23)3-4-14(12)21-16(13)17(22-15)28-18(19)24/h3-4,9-10,20-21H,2,5-8H2,1H3,(H2,19,24). The van der Waals surface area contributed by atoms with E-state index in [1.807, 2.05) is 0 Å². The molecule has 11 heteroatoms. The number of piperazine rings is 1. The van der Waals surface area contributed by atoms with Gasteiger partial charge in [0, 0.05) is 48.5 Å². The van der Waals surface area contributed by atoms with Gasteiger partial charge in [0.25, 0.3) is 5.88 Å². The molecule has 0 spiro atoms. The van der Waals surface area contributed by atoms with Crippen molar-refractivity contribution in [1.29, 1.82) is 0 Å². The number of nitrogens with one attached hydrogen (secondary N) is 2. The molecule has 3 aromatic rings. The molecule has 2 aromatic heterocycles. The van der Waals surface area contributed by atoms with Crippen LogP contribution in [0.25, 0.3) is 21.8 Å². The van der Waals surface area contributed by atoms with E-state index in [4.69, 9.17) is 15.2 Å². The zero-order valence-corrected chi connectivity index (χ0v) is 16.6. The van der Waals surface area contributed by atoms with Gasteiger partial charge < -0.3 is 25.5 Å². The number of aromatic nitrogens is 2. The number of H-pyrrole nitrogens is 1. The van der Waals surface area contributed by atoms with Crippen LogP contribution < -0.4 is 20.5 Å². The quantitative estimate of drug-likeness (QED) is 0.564. The highest BCUT2D eigenvalue weighted by Gasteiger charge is 2.26. The van der Waals surface area contributed by atoms with Crippen molar-refractivity contribution in [2.24, 2.45) is 5.73 Å². The number of nitrogens with zero attached hydrogens (tertiary/aromatic N) is 2. The first-order valence-electron chi connectivity index (χ1n) is 9.17. The van der Waals surface area contributed by atoms with Crippen LogP contribution >= 0.6 is 0 Å². The Morgan fingerprint density at radius 2 is 2.00 bits per heavy atom. The normalized spacial score (nSPS) is 15.6. The number of pyridine rings is 1. The predicted molar refractivity (Wildman–Crippen MR) is 107 cm³/mol. The number of benzene rings is 1. The highest BCUT2D eigenvalue weighted by molar-refractivity contribution is 7.89. The zero-order valence-electron chi connectivity index (χ0n) is 15.8. The van der Waals surface area contributed by atoms with E-state index in [0.29, 0.717) is 54.6 Å². The van der Waals surface area contributed by atoms with E-state index in [-0.39, 0.29) is 16.7 Å². The van der Waals surface area contributed by atoms with E-state index < -0.39 is 16.1 Å². The molecule has 1 aliphatic heterocycles. The number of sulfonamides is 1. The van der Waals surface area contributed by atoms with Crippen LogP contribution in [0.5, 0.6) is 11.8 Å². The van der Waals surface area contributed by atoms with Gasteiger partial charge in [-0.05, 0) is 25.1 Å². The second kappa shape index (κ2) is 7.50. The summed E-state index contributed by atoms with van der Waals surface area (Å²) in [4.78, 5) is 18.7. The van der Waals surface area contributed by atoms with Crippen molar-refractivity contribution in [1.82, 2.24) is 19.6 Å². The molecule has 4 N–H and O–H groups in total. The van der Waals surface area contributed by atoms with Gasteiger partial charge >= 0.3 is 6.09 Å². The van der Waals surface area contributed by atoms with Gasteiger partial charge in [0.1, 0.15) is 5.52 Å². The van der Waals surface area contributed by atoms with Gasteiger partial charge in [-0.1, -0.05) is 0 Å². The summed E-state index contributed by atoms with van der Waals surface area (Å²) in [7, 11) is -3.62. The average Bonchev–Trinajstić information content (AvgIpc) is 3.07. The number of hydrogen-bond donors (Lipinski definition) is 3. The largest absolute Gasteiger partial charge is 0.478 e. The average molecular weight is 419 g/mol. The minimum absolute atomic E-state index is 0.0267. The number of aromatic amines is 1. The van der Waals surface area contributed by atoms with Gasteiger partial charge in [-0.3, -0.25) is 0 Å². The highest BCUT2D eigenvalue weighted by atomic mass is 32.2. The molecule has 4 rings (SSSR count). The van der Waals surface area contributed by atoms with E-state index in [9.17, 15) is 13.2 Å². The Hall–Kier alpha value is -2.89. The monoisotopic (exact) mass is 419 g/mol. The second-order valence-corrected chi connectivity index (χ2v) is 8.47. The van der Waals surface area contributed by atoms with Crippen LogP contribution in [0.4, 0.5) is 4.79 Å². The summed E-state index contributed by atoms with van der Waals surface area (Å²) in [6, 6.07) is 6.52. The Balaban J connectivity index is 1.88. The Kier molecular flexibility index (Phi) is 5.03. The molecule has 0 radical (unpaired) electrons. The molecule has 1 saturated heterocycles. The molecule has 1 aliphatic rings. The lowest BCUT2D eigenvalue weighted by Crippen LogP contribution is -2.46. The van der Waals surface area contributed by atoms with E-state index >= 15 is 0 Å². The van der Waals surface area contributed by atoms with Crippen LogP contribution in [0.3, 0.4) is 0 Å². The fourth-order valence-electron chi connectivity index (χ4n) is 3.41. The lowest BCUT2D eigenvalue weighted by molar-refractivity contribution is 0.209. The van der Waals surface area contributed by atoms with Crippen molar-refractivity contribution < 1.29 is 22.7 Å². The third kappa shape index (κ3) is 3.59. The SMILES string of the molecule is CCOc1cc2c([nH]c3ccc(S(=O)(=O)N4CCNCC4)cc32)c(OC(N)=O)n1. The first-order chi connectivity index (χ1) is 13.9. The molecule has 1 fully saturated rings. The Bertz CT molecular complexity index is 1180. The summed E-state index contributed by atoms with van der Waals surface area (Å²) in [6.07, 6.45) is -1.01. The van der Waals surface area contributed by atoms with E-state index in [0.717, 1.165) is 0 Å². The molecule has 0 atom stereocenters. The maximum atomic E-state index is 13.0. The Labute approximate surface area is 167 Å². The number of ether oxygens (including phenoxy) is 2. The first-order valence-corrected chi connectivity index (χ1v) is 10.6. The summed E-state index contributed by atoms with van der Waals surface area (Å²) >= 11 is 0. The van der Waals surface area contributed by atoms with Crippen LogP contribution in [0.1, 0.15) is 6.92 Å². The van der Waals surface area contributed by atoms with Crippen LogP contribution in [0, 0.1) is 0 Å². The molecule has 10 nitrogen and oxygen atoms in total. The third-order valence-electron chi connectivity index (χ3n) is 4.71. The number of carbonyl (C=O) groups excluding carboxylic acids is 1. The number of carbonyl (C=O) groups is 1. The van der Waals surface area contributed by atoms with Gasteiger partial charge in [-0.15, -0.1) is 0 Å². The lowest BCUT2D eigenvalue weighted by atomic mass is 10.2. The summed E-state index contributed by atoms with van der Waals surface area (Å²) in [5.41, 5.74) is 6.25. The van der Waals surface area contributed by atoms with Crippen molar-refractivity contribution >= 4 is 37.9 Å². The molecule has 3 heterocycles. The molecule has 0 aliphatic carbocycles. The fraction of sp³-hybridized carbons (Fsp3) is 0.333. The minimum atomic E-state index is -3.62. The maximum absolute atomic E-state index is 13.0. The maximum Gasteiger partial charge on any atom is 0.411 e. The molecule has 0 saturated carbocycles. The molecule has 1 amide bonds. The van der Waals surface area contributed by atoms with Crippen molar-refractivity contribution in [3.05, 3.63) is 24.3 Å². The van der Waals surface area contributed by atoms with Crippen LogP contribution in [0.15, 0.2) is 29.2 Å². The molecular weight excluding hydrogens is 398 g/mol. The van der Waals surface area contributed by atoms with Crippen molar-refractivity contribution in [3.8, 4) is 11.8 Å². The van der Waals surface area contributed by atoms with E-state index in [1.165, 1.54) is 4.31 Å².